The van der Waals surface area contributed by atoms with Crippen molar-refractivity contribution in [2.75, 3.05) is 6.54 Å². The van der Waals surface area contributed by atoms with E-state index < -0.39 is 5.82 Å². The summed E-state index contributed by atoms with van der Waals surface area (Å²) in [7, 11) is 0. The second-order valence-electron chi connectivity index (χ2n) is 3.80. The number of aromatic nitrogens is 1. The van der Waals surface area contributed by atoms with E-state index in [1.807, 2.05) is 6.07 Å². The Morgan fingerprint density at radius 1 is 1.32 bits per heavy atom. The quantitative estimate of drug-likeness (QED) is 0.856. The van der Waals surface area contributed by atoms with Crippen LogP contribution in [0.5, 0.6) is 5.75 Å². The molecule has 1 aromatic heterocycles. The number of hydrogen-bond donors (Lipinski definition) is 1. The number of hydrogen-bond acceptors (Lipinski definition) is 3. The van der Waals surface area contributed by atoms with Crippen molar-refractivity contribution in [2.24, 2.45) is 5.73 Å². The van der Waals surface area contributed by atoms with Crippen LogP contribution in [0.25, 0.3) is 0 Å². The lowest BCUT2D eigenvalue weighted by Crippen LogP contribution is -1.98. The molecule has 1 heterocycles. The molecule has 0 fully saturated rings. The fraction of sp³-hybridized carbons (Fsp3) is 0.133. The average molecular weight is 256 g/mol. The first-order valence-corrected chi connectivity index (χ1v) is 5.80. The molecule has 0 aliphatic rings. The standard InChI is InChI=1S/C15H13FN2O/c16-14-6-5-12(3-1-7-17)9-15(14)19-11-13-4-2-8-18-10-13/h2,4-6,8-10H,7,11,17H2. The molecule has 3 nitrogen and oxygen atoms in total. The van der Waals surface area contributed by atoms with E-state index in [0.717, 1.165) is 5.56 Å². The van der Waals surface area contributed by atoms with Crippen molar-refractivity contribution in [1.29, 1.82) is 0 Å². The van der Waals surface area contributed by atoms with Crippen molar-refractivity contribution in [2.45, 2.75) is 6.61 Å². The van der Waals surface area contributed by atoms with Gasteiger partial charge in [0.1, 0.15) is 6.61 Å². The minimum absolute atomic E-state index is 0.174. The van der Waals surface area contributed by atoms with Gasteiger partial charge in [0.2, 0.25) is 0 Å². The first-order chi connectivity index (χ1) is 9.29. The topological polar surface area (TPSA) is 48.1 Å². The van der Waals surface area contributed by atoms with Crippen LogP contribution in [0.1, 0.15) is 11.1 Å². The number of ether oxygens (including phenoxy) is 1. The predicted molar refractivity (Wildman–Crippen MR) is 70.9 cm³/mol. The molecule has 96 valence electrons. The highest BCUT2D eigenvalue weighted by Crippen LogP contribution is 2.19. The van der Waals surface area contributed by atoms with Gasteiger partial charge in [-0.15, -0.1) is 0 Å². The van der Waals surface area contributed by atoms with Gasteiger partial charge >= 0.3 is 0 Å². The van der Waals surface area contributed by atoms with Crippen LogP contribution in [0.2, 0.25) is 0 Å². The SMILES string of the molecule is NCC#Cc1ccc(F)c(OCc2cccnc2)c1. The van der Waals surface area contributed by atoms with Gasteiger partial charge in [-0.1, -0.05) is 17.9 Å². The highest BCUT2D eigenvalue weighted by atomic mass is 19.1. The smallest absolute Gasteiger partial charge is 0.165 e. The molecule has 0 saturated heterocycles. The van der Waals surface area contributed by atoms with Gasteiger partial charge in [0.05, 0.1) is 6.54 Å². The van der Waals surface area contributed by atoms with Gasteiger partial charge in [-0.2, -0.15) is 0 Å². The number of rotatable bonds is 3. The van der Waals surface area contributed by atoms with Gasteiger partial charge in [-0.05, 0) is 24.3 Å². The summed E-state index contributed by atoms with van der Waals surface area (Å²) in [6, 6.07) is 8.16. The molecule has 0 aliphatic heterocycles. The third kappa shape index (κ3) is 3.80. The summed E-state index contributed by atoms with van der Waals surface area (Å²) in [5.41, 5.74) is 6.84. The lowest BCUT2D eigenvalue weighted by molar-refractivity contribution is 0.290. The second kappa shape index (κ2) is 6.53. The number of benzene rings is 1. The van der Waals surface area contributed by atoms with E-state index >= 15 is 0 Å². The van der Waals surface area contributed by atoms with Crippen LogP contribution in [-0.2, 0) is 6.61 Å². The Balaban J connectivity index is 2.11. The minimum atomic E-state index is -0.415. The zero-order valence-corrected chi connectivity index (χ0v) is 10.3. The normalized spacial score (nSPS) is 9.58. The van der Waals surface area contributed by atoms with Crippen molar-refractivity contribution >= 4 is 0 Å². The Morgan fingerprint density at radius 2 is 2.21 bits per heavy atom. The molecule has 0 radical (unpaired) electrons. The molecule has 0 aliphatic carbocycles. The zero-order chi connectivity index (χ0) is 13.5. The molecule has 0 bridgehead atoms. The summed E-state index contributed by atoms with van der Waals surface area (Å²) in [5, 5.41) is 0. The maximum absolute atomic E-state index is 13.6. The van der Waals surface area contributed by atoms with E-state index in [1.165, 1.54) is 6.07 Å². The number of nitrogens with two attached hydrogens (primary N) is 1. The Labute approximate surface area is 111 Å². The van der Waals surface area contributed by atoms with Crippen molar-refractivity contribution < 1.29 is 9.13 Å². The monoisotopic (exact) mass is 256 g/mol. The fourth-order valence-corrected chi connectivity index (χ4v) is 1.49. The van der Waals surface area contributed by atoms with E-state index in [0.29, 0.717) is 5.56 Å². The third-order valence-electron chi connectivity index (χ3n) is 2.38. The summed E-state index contributed by atoms with van der Waals surface area (Å²) in [5.74, 6) is 5.31. The first-order valence-electron chi connectivity index (χ1n) is 5.80. The van der Waals surface area contributed by atoms with Crippen LogP contribution >= 0.6 is 0 Å². The Kier molecular flexibility index (Phi) is 4.49. The maximum atomic E-state index is 13.6. The molecule has 2 N–H and O–H groups in total. The van der Waals surface area contributed by atoms with Gasteiger partial charge in [-0.25, -0.2) is 4.39 Å². The van der Waals surface area contributed by atoms with Crippen LogP contribution in [-0.4, -0.2) is 11.5 Å². The zero-order valence-electron chi connectivity index (χ0n) is 10.3. The molecular weight excluding hydrogens is 243 g/mol. The molecule has 0 spiro atoms. The Hall–Kier alpha value is -2.38. The molecule has 0 unspecified atom stereocenters. The molecule has 0 atom stereocenters. The van der Waals surface area contributed by atoms with E-state index in [2.05, 4.69) is 16.8 Å². The molecule has 1 aromatic carbocycles. The number of pyridine rings is 1. The third-order valence-corrected chi connectivity index (χ3v) is 2.38. The summed E-state index contributed by atoms with van der Waals surface area (Å²) in [4.78, 5) is 3.97. The molecule has 2 rings (SSSR count). The Morgan fingerprint density at radius 3 is 2.95 bits per heavy atom. The van der Waals surface area contributed by atoms with Crippen molar-refractivity contribution in [3.63, 3.8) is 0 Å². The summed E-state index contributed by atoms with van der Waals surface area (Å²) in [6.07, 6.45) is 3.35. The van der Waals surface area contributed by atoms with Crippen LogP contribution in [0.3, 0.4) is 0 Å². The maximum Gasteiger partial charge on any atom is 0.165 e. The van der Waals surface area contributed by atoms with Crippen LogP contribution < -0.4 is 10.5 Å². The molecule has 4 heteroatoms. The molecule has 2 aromatic rings. The average Bonchev–Trinajstić information content (AvgIpc) is 2.46. The van der Waals surface area contributed by atoms with Gasteiger partial charge in [0.15, 0.2) is 11.6 Å². The van der Waals surface area contributed by atoms with Crippen LogP contribution in [0.15, 0.2) is 42.7 Å². The number of halogens is 1. The van der Waals surface area contributed by atoms with Gasteiger partial charge in [0, 0.05) is 23.5 Å². The lowest BCUT2D eigenvalue weighted by Gasteiger charge is -2.07. The van der Waals surface area contributed by atoms with E-state index in [4.69, 9.17) is 10.5 Å². The second-order valence-corrected chi connectivity index (χ2v) is 3.80. The predicted octanol–water partition coefficient (Wildman–Crippen LogP) is 2.11. The lowest BCUT2D eigenvalue weighted by atomic mass is 10.2. The first kappa shape index (κ1) is 13.1. The molecular formula is C15H13FN2O. The largest absolute Gasteiger partial charge is 0.486 e. The van der Waals surface area contributed by atoms with E-state index in [9.17, 15) is 4.39 Å². The molecule has 19 heavy (non-hydrogen) atoms. The van der Waals surface area contributed by atoms with Gasteiger partial charge in [0.25, 0.3) is 0 Å². The van der Waals surface area contributed by atoms with Crippen molar-refractivity contribution in [3.8, 4) is 17.6 Å². The summed E-state index contributed by atoms with van der Waals surface area (Å²) in [6.45, 7) is 0.530. The van der Waals surface area contributed by atoms with Gasteiger partial charge < -0.3 is 10.5 Å². The minimum Gasteiger partial charge on any atom is -0.486 e. The fourth-order valence-electron chi connectivity index (χ4n) is 1.49. The van der Waals surface area contributed by atoms with Gasteiger partial charge in [-0.3, -0.25) is 4.98 Å². The van der Waals surface area contributed by atoms with E-state index in [1.54, 1.807) is 30.6 Å². The Bertz CT molecular complexity index is 603. The van der Waals surface area contributed by atoms with Crippen molar-refractivity contribution in [3.05, 3.63) is 59.7 Å². The molecule has 0 saturated carbocycles. The highest BCUT2D eigenvalue weighted by Gasteiger charge is 2.04. The summed E-state index contributed by atoms with van der Waals surface area (Å²) < 4.78 is 19.0. The summed E-state index contributed by atoms with van der Waals surface area (Å²) >= 11 is 0. The number of nitrogens with zero attached hydrogens (tertiary/aromatic N) is 1. The van der Waals surface area contributed by atoms with Crippen LogP contribution in [0.4, 0.5) is 4.39 Å². The van der Waals surface area contributed by atoms with E-state index in [-0.39, 0.29) is 18.9 Å². The highest BCUT2D eigenvalue weighted by molar-refractivity contribution is 5.40. The van der Waals surface area contributed by atoms with Crippen LogP contribution in [0, 0.1) is 17.7 Å². The molecule has 0 amide bonds. The van der Waals surface area contributed by atoms with Crippen molar-refractivity contribution in [1.82, 2.24) is 4.98 Å².